The lowest BCUT2D eigenvalue weighted by Gasteiger charge is -2.31. The van der Waals surface area contributed by atoms with Crippen molar-refractivity contribution in [2.24, 2.45) is 0 Å². The minimum atomic E-state index is 0.590. The van der Waals surface area contributed by atoms with Gasteiger partial charge in [0, 0.05) is 43.8 Å². The van der Waals surface area contributed by atoms with E-state index in [9.17, 15) is 0 Å². The summed E-state index contributed by atoms with van der Waals surface area (Å²) < 4.78 is 0. The third-order valence-corrected chi connectivity index (χ3v) is 3.51. The molecule has 3 heteroatoms. The quantitative estimate of drug-likeness (QED) is 0.872. The lowest BCUT2D eigenvalue weighted by Crippen LogP contribution is -2.48. The van der Waals surface area contributed by atoms with Crippen LogP contribution >= 0.6 is 0 Å². The lowest BCUT2D eigenvalue weighted by atomic mass is 10.1. The Hall–Kier alpha value is -1.45. The number of hydrogen-bond acceptors (Lipinski definition) is 3. The topological polar surface area (TPSA) is 28.2 Å². The van der Waals surface area contributed by atoms with Crippen molar-refractivity contribution in [2.75, 3.05) is 19.6 Å². The summed E-state index contributed by atoms with van der Waals surface area (Å²) in [6.07, 6.45) is 2.01. The molecule has 0 bridgehead atoms. The summed E-state index contributed by atoms with van der Waals surface area (Å²) in [5, 5.41) is 4.70. The van der Waals surface area contributed by atoms with Gasteiger partial charge in [-0.05, 0) is 24.6 Å². The molecule has 0 amide bonds. The largest absolute Gasteiger partial charge is 0.312 e. The summed E-state index contributed by atoms with van der Waals surface area (Å²) in [4.78, 5) is 7.02. The SMILES string of the molecule is C[C@H]1CN(Cc2cnc3ccccc3c2)CCN1. The van der Waals surface area contributed by atoms with E-state index in [2.05, 4.69) is 46.4 Å². The van der Waals surface area contributed by atoms with Crippen LogP contribution in [0.4, 0.5) is 0 Å². The average molecular weight is 241 g/mol. The lowest BCUT2D eigenvalue weighted by molar-refractivity contribution is 0.199. The van der Waals surface area contributed by atoms with Crippen LogP contribution in [0, 0.1) is 0 Å². The van der Waals surface area contributed by atoms with Crippen LogP contribution in [-0.4, -0.2) is 35.6 Å². The van der Waals surface area contributed by atoms with Crippen LogP contribution in [0.1, 0.15) is 12.5 Å². The summed E-state index contributed by atoms with van der Waals surface area (Å²) in [6, 6.07) is 11.1. The molecule has 1 fully saturated rings. The Balaban J connectivity index is 1.78. The van der Waals surface area contributed by atoms with E-state index < -0.39 is 0 Å². The minimum Gasteiger partial charge on any atom is -0.312 e. The van der Waals surface area contributed by atoms with Crippen molar-refractivity contribution in [1.82, 2.24) is 15.2 Å². The number of fused-ring (bicyclic) bond motifs is 1. The third-order valence-electron chi connectivity index (χ3n) is 3.51. The highest BCUT2D eigenvalue weighted by molar-refractivity contribution is 5.78. The van der Waals surface area contributed by atoms with Crippen LogP contribution in [0.5, 0.6) is 0 Å². The van der Waals surface area contributed by atoms with Gasteiger partial charge in [-0.3, -0.25) is 9.88 Å². The number of pyridine rings is 1. The number of nitrogens with zero attached hydrogens (tertiary/aromatic N) is 2. The van der Waals surface area contributed by atoms with Gasteiger partial charge in [-0.25, -0.2) is 0 Å². The molecule has 3 rings (SSSR count). The highest BCUT2D eigenvalue weighted by Crippen LogP contribution is 2.14. The molecule has 2 heterocycles. The van der Waals surface area contributed by atoms with Crippen LogP contribution in [0.15, 0.2) is 36.5 Å². The molecule has 18 heavy (non-hydrogen) atoms. The molecule has 0 saturated carbocycles. The first-order valence-corrected chi connectivity index (χ1v) is 6.61. The third kappa shape index (κ3) is 2.52. The van der Waals surface area contributed by atoms with E-state index in [4.69, 9.17) is 0 Å². The van der Waals surface area contributed by atoms with Gasteiger partial charge in [-0.15, -0.1) is 0 Å². The highest BCUT2D eigenvalue weighted by atomic mass is 15.2. The van der Waals surface area contributed by atoms with Crippen LogP contribution in [-0.2, 0) is 6.54 Å². The van der Waals surface area contributed by atoms with E-state index in [-0.39, 0.29) is 0 Å². The van der Waals surface area contributed by atoms with Gasteiger partial charge in [0.25, 0.3) is 0 Å². The summed E-state index contributed by atoms with van der Waals surface area (Å²) in [7, 11) is 0. The van der Waals surface area contributed by atoms with Crippen molar-refractivity contribution < 1.29 is 0 Å². The number of hydrogen-bond donors (Lipinski definition) is 1. The summed E-state index contributed by atoms with van der Waals surface area (Å²) in [5.41, 5.74) is 2.39. The monoisotopic (exact) mass is 241 g/mol. The Morgan fingerprint density at radius 1 is 1.39 bits per heavy atom. The Kier molecular flexibility index (Phi) is 3.26. The van der Waals surface area contributed by atoms with E-state index >= 15 is 0 Å². The van der Waals surface area contributed by atoms with Gasteiger partial charge >= 0.3 is 0 Å². The second-order valence-corrected chi connectivity index (χ2v) is 5.13. The normalized spacial score (nSPS) is 21.3. The molecule has 1 aromatic heterocycles. The van der Waals surface area contributed by atoms with Crippen LogP contribution in [0.25, 0.3) is 10.9 Å². The molecule has 0 spiro atoms. The van der Waals surface area contributed by atoms with Crippen LogP contribution in [0.2, 0.25) is 0 Å². The summed E-state index contributed by atoms with van der Waals surface area (Å²) in [6.45, 7) is 6.57. The maximum atomic E-state index is 4.52. The molecule has 1 aliphatic rings. The first-order chi connectivity index (χ1) is 8.81. The fraction of sp³-hybridized carbons (Fsp3) is 0.400. The van der Waals surface area contributed by atoms with Gasteiger partial charge in [-0.2, -0.15) is 0 Å². The molecule has 1 aliphatic heterocycles. The molecule has 94 valence electrons. The molecule has 1 aromatic carbocycles. The molecule has 3 nitrogen and oxygen atoms in total. The van der Waals surface area contributed by atoms with Crippen LogP contribution < -0.4 is 5.32 Å². The summed E-state index contributed by atoms with van der Waals surface area (Å²) >= 11 is 0. The number of benzene rings is 1. The molecule has 1 saturated heterocycles. The van der Waals surface area contributed by atoms with Crippen molar-refractivity contribution in [3.05, 3.63) is 42.1 Å². The molecular formula is C15H19N3. The van der Waals surface area contributed by atoms with Crippen molar-refractivity contribution in [1.29, 1.82) is 0 Å². The van der Waals surface area contributed by atoms with E-state index in [0.717, 1.165) is 31.7 Å². The zero-order chi connectivity index (χ0) is 12.4. The van der Waals surface area contributed by atoms with Gasteiger partial charge in [0.15, 0.2) is 0 Å². The second kappa shape index (κ2) is 5.04. The van der Waals surface area contributed by atoms with Gasteiger partial charge in [-0.1, -0.05) is 18.2 Å². The second-order valence-electron chi connectivity index (χ2n) is 5.13. The number of aromatic nitrogens is 1. The van der Waals surface area contributed by atoms with E-state index in [0.29, 0.717) is 6.04 Å². The van der Waals surface area contributed by atoms with Crippen molar-refractivity contribution >= 4 is 10.9 Å². The number of nitrogens with one attached hydrogen (secondary N) is 1. The predicted molar refractivity (Wildman–Crippen MR) is 74.5 cm³/mol. The van der Waals surface area contributed by atoms with Crippen molar-refractivity contribution in [2.45, 2.75) is 19.5 Å². The van der Waals surface area contributed by atoms with Gasteiger partial charge in [0.1, 0.15) is 0 Å². The molecule has 0 radical (unpaired) electrons. The van der Waals surface area contributed by atoms with Crippen LogP contribution in [0.3, 0.4) is 0 Å². The molecule has 1 N–H and O–H groups in total. The van der Waals surface area contributed by atoms with E-state index in [1.807, 2.05) is 12.3 Å². The minimum absolute atomic E-state index is 0.590. The van der Waals surface area contributed by atoms with E-state index in [1.54, 1.807) is 0 Å². The molecule has 1 atom stereocenters. The number of para-hydroxylation sites is 1. The molecule has 2 aromatic rings. The Morgan fingerprint density at radius 3 is 3.17 bits per heavy atom. The fourth-order valence-electron chi connectivity index (χ4n) is 2.62. The first kappa shape index (κ1) is 11.6. The number of piperazine rings is 1. The zero-order valence-electron chi connectivity index (χ0n) is 10.8. The highest BCUT2D eigenvalue weighted by Gasteiger charge is 2.15. The van der Waals surface area contributed by atoms with Gasteiger partial charge in [0.2, 0.25) is 0 Å². The Morgan fingerprint density at radius 2 is 2.28 bits per heavy atom. The van der Waals surface area contributed by atoms with Gasteiger partial charge < -0.3 is 5.32 Å². The zero-order valence-corrected chi connectivity index (χ0v) is 10.8. The Labute approximate surface area is 108 Å². The Bertz CT molecular complexity index is 538. The number of rotatable bonds is 2. The van der Waals surface area contributed by atoms with Gasteiger partial charge in [0.05, 0.1) is 5.52 Å². The predicted octanol–water partition coefficient (Wildman–Crippen LogP) is 2.03. The first-order valence-electron chi connectivity index (χ1n) is 6.61. The average Bonchev–Trinajstić information content (AvgIpc) is 2.39. The van der Waals surface area contributed by atoms with Crippen molar-refractivity contribution in [3.63, 3.8) is 0 Å². The maximum Gasteiger partial charge on any atom is 0.0702 e. The standard InChI is InChI=1S/C15H19N3/c1-12-10-18(7-6-16-12)11-13-8-14-4-2-3-5-15(14)17-9-13/h2-5,8-9,12,16H,6-7,10-11H2,1H3/t12-/m0/s1. The maximum absolute atomic E-state index is 4.52. The smallest absolute Gasteiger partial charge is 0.0702 e. The molecular weight excluding hydrogens is 222 g/mol. The molecule has 0 aliphatic carbocycles. The van der Waals surface area contributed by atoms with E-state index in [1.165, 1.54) is 10.9 Å². The fourth-order valence-corrected chi connectivity index (χ4v) is 2.62. The van der Waals surface area contributed by atoms with Crippen molar-refractivity contribution in [3.8, 4) is 0 Å². The molecule has 0 unspecified atom stereocenters. The summed E-state index contributed by atoms with van der Waals surface area (Å²) in [5.74, 6) is 0.